The van der Waals surface area contributed by atoms with Crippen molar-refractivity contribution in [2.75, 3.05) is 19.8 Å². The molecule has 1 heterocycles. The summed E-state index contributed by atoms with van der Waals surface area (Å²) in [5.41, 5.74) is 5.29. The molecular weight excluding hydrogens is 164 g/mol. The number of anilines is 1. The molecule has 6 heteroatoms. The van der Waals surface area contributed by atoms with Crippen molar-refractivity contribution in [2.24, 2.45) is 0 Å². The van der Waals surface area contributed by atoms with Crippen LogP contribution in [-0.4, -0.2) is 35.1 Å². The molecule has 60 valence electrons. The van der Waals surface area contributed by atoms with Gasteiger partial charge < -0.3 is 10.6 Å². The van der Waals surface area contributed by atoms with Gasteiger partial charge in [0, 0.05) is 14.1 Å². The molecule has 2 N–H and O–H groups in total. The van der Waals surface area contributed by atoms with E-state index in [9.17, 15) is 4.79 Å². The Morgan fingerprint density at radius 1 is 1.55 bits per heavy atom. The Hall–Kier alpha value is -1.17. The predicted molar refractivity (Wildman–Crippen MR) is 42.3 cm³/mol. The van der Waals surface area contributed by atoms with Gasteiger partial charge in [-0.15, -0.1) is 10.2 Å². The standard InChI is InChI=1S/C5H8N4OS/c1-9(2)4(10)3-7-8-5(6)11-3/h1-2H3,(H2,6,8). The van der Waals surface area contributed by atoms with Crippen molar-refractivity contribution in [3.8, 4) is 0 Å². The Kier molecular flexibility index (Phi) is 2.04. The number of carbonyl (C=O) groups is 1. The minimum Gasteiger partial charge on any atom is -0.374 e. The van der Waals surface area contributed by atoms with E-state index in [1.165, 1.54) is 4.90 Å². The molecule has 1 aromatic heterocycles. The molecule has 0 saturated heterocycles. The third-order valence-corrected chi connectivity index (χ3v) is 1.77. The second-order valence-corrected chi connectivity index (χ2v) is 3.15. The van der Waals surface area contributed by atoms with E-state index < -0.39 is 0 Å². The SMILES string of the molecule is CN(C)C(=O)c1nnc(N)s1. The van der Waals surface area contributed by atoms with Gasteiger partial charge in [0.1, 0.15) is 0 Å². The summed E-state index contributed by atoms with van der Waals surface area (Å²) in [6.45, 7) is 0. The van der Waals surface area contributed by atoms with Crippen molar-refractivity contribution in [1.29, 1.82) is 0 Å². The smallest absolute Gasteiger partial charge is 0.284 e. The maximum atomic E-state index is 11.1. The lowest BCUT2D eigenvalue weighted by molar-refractivity contribution is 0.0826. The fraction of sp³-hybridized carbons (Fsp3) is 0.400. The number of nitrogens with two attached hydrogens (primary N) is 1. The van der Waals surface area contributed by atoms with Crippen LogP contribution in [0.1, 0.15) is 9.80 Å². The highest BCUT2D eigenvalue weighted by molar-refractivity contribution is 7.16. The second kappa shape index (κ2) is 2.83. The molecule has 5 nitrogen and oxygen atoms in total. The van der Waals surface area contributed by atoms with Crippen LogP contribution in [-0.2, 0) is 0 Å². The Balaban J connectivity index is 2.85. The van der Waals surface area contributed by atoms with Crippen LogP contribution in [0.4, 0.5) is 5.13 Å². The van der Waals surface area contributed by atoms with Gasteiger partial charge in [0.05, 0.1) is 0 Å². The van der Waals surface area contributed by atoms with E-state index in [1.807, 2.05) is 0 Å². The van der Waals surface area contributed by atoms with Crippen molar-refractivity contribution >= 4 is 22.4 Å². The van der Waals surface area contributed by atoms with Crippen molar-refractivity contribution in [3.63, 3.8) is 0 Å². The predicted octanol–water partition coefficient (Wildman–Crippen LogP) is -0.178. The number of carbonyl (C=O) groups excluding carboxylic acids is 1. The molecule has 0 saturated carbocycles. The van der Waals surface area contributed by atoms with Crippen LogP contribution in [0, 0.1) is 0 Å². The van der Waals surface area contributed by atoms with Gasteiger partial charge in [-0.2, -0.15) is 0 Å². The number of hydrogen-bond acceptors (Lipinski definition) is 5. The number of nitrogens with zero attached hydrogens (tertiary/aromatic N) is 3. The lowest BCUT2D eigenvalue weighted by Gasteiger charge is -2.05. The van der Waals surface area contributed by atoms with Gasteiger partial charge in [-0.05, 0) is 0 Å². The second-order valence-electron chi connectivity index (χ2n) is 2.15. The third-order valence-electron chi connectivity index (χ3n) is 1.03. The molecule has 1 amide bonds. The summed E-state index contributed by atoms with van der Waals surface area (Å²) in [4.78, 5) is 12.6. The van der Waals surface area contributed by atoms with Crippen LogP contribution in [0.25, 0.3) is 0 Å². The Bertz CT molecular complexity index is 269. The van der Waals surface area contributed by atoms with Crippen molar-refractivity contribution in [2.45, 2.75) is 0 Å². The van der Waals surface area contributed by atoms with Crippen LogP contribution in [0.15, 0.2) is 0 Å². The van der Waals surface area contributed by atoms with Gasteiger partial charge in [-0.1, -0.05) is 11.3 Å². The third kappa shape index (κ3) is 1.64. The van der Waals surface area contributed by atoms with E-state index in [4.69, 9.17) is 5.73 Å². The maximum Gasteiger partial charge on any atom is 0.284 e. The fourth-order valence-electron chi connectivity index (χ4n) is 0.512. The zero-order valence-electron chi connectivity index (χ0n) is 6.24. The summed E-state index contributed by atoms with van der Waals surface area (Å²) in [6.07, 6.45) is 0. The number of nitrogen functional groups attached to an aromatic ring is 1. The zero-order chi connectivity index (χ0) is 8.43. The molecule has 0 fully saturated rings. The highest BCUT2D eigenvalue weighted by Gasteiger charge is 2.12. The van der Waals surface area contributed by atoms with Crippen molar-refractivity contribution in [3.05, 3.63) is 5.01 Å². The monoisotopic (exact) mass is 172 g/mol. The Morgan fingerprint density at radius 2 is 2.18 bits per heavy atom. The number of amides is 1. The first-order chi connectivity index (χ1) is 5.11. The minimum absolute atomic E-state index is 0.167. The molecule has 0 aromatic carbocycles. The van der Waals surface area contributed by atoms with Gasteiger partial charge in [-0.3, -0.25) is 4.79 Å². The first-order valence-electron chi connectivity index (χ1n) is 2.92. The van der Waals surface area contributed by atoms with E-state index in [1.54, 1.807) is 14.1 Å². The highest BCUT2D eigenvalue weighted by Crippen LogP contribution is 2.11. The summed E-state index contributed by atoms with van der Waals surface area (Å²) in [7, 11) is 3.31. The zero-order valence-corrected chi connectivity index (χ0v) is 7.05. The quantitative estimate of drug-likeness (QED) is 0.638. The van der Waals surface area contributed by atoms with Gasteiger partial charge in [0.15, 0.2) is 0 Å². The van der Waals surface area contributed by atoms with Crippen molar-refractivity contribution < 1.29 is 4.79 Å². The van der Waals surface area contributed by atoms with Gasteiger partial charge in [0.2, 0.25) is 10.1 Å². The summed E-state index contributed by atoms with van der Waals surface area (Å²) in [5, 5.41) is 7.75. The van der Waals surface area contributed by atoms with Crippen LogP contribution in [0.2, 0.25) is 0 Å². The summed E-state index contributed by atoms with van der Waals surface area (Å²) >= 11 is 1.09. The molecule has 11 heavy (non-hydrogen) atoms. The van der Waals surface area contributed by atoms with Gasteiger partial charge >= 0.3 is 0 Å². The lowest BCUT2D eigenvalue weighted by Crippen LogP contribution is -2.21. The first-order valence-corrected chi connectivity index (χ1v) is 3.73. The Labute approximate surface area is 67.8 Å². The van der Waals surface area contributed by atoms with Crippen LogP contribution < -0.4 is 5.73 Å². The highest BCUT2D eigenvalue weighted by atomic mass is 32.1. The number of rotatable bonds is 1. The summed E-state index contributed by atoms with van der Waals surface area (Å²) in [5.74, 6) is -0.167. The van der Waals surface area contributed by atoms with Crippen LogP contribution in [0.3, 0.4) is 0 Å². The van der Waals surface area contributed by atoms with E-state index in [2.05, 4.69) is 10.2 Å². The molecule has 1 rings (SSSR count). The minimum atomic E-state index is -0.167. The topological polar surface area (TPSA) is 72.1 Å². The van der Waals surface area contributed by atoms with E-state index in [0.29, 0.717) is 10.1 Å². The summed E-state index contributed by atoms with van der Waals surface area (Å²) in [6, 6.07) is 0. The first kappa shape index (κ1) is 7.93. The average molecular weight is 172 g/mol. The van der Waals surface area contributed by atoms with E-state index >= 15 is 0 Å². The molecule has 0 unspecified atom stereocenters. The maximum absolute atomic E-state index is 11.1. The molecule has 1 aromatic rings. The van der Waals surface area contributed by atoms with Gasteiger partial charge in [0.25, 0.3) is 5.91 Å². The Morgan fingerprint density at radius 3 is 2.55 bits per heavy atom. The largest absolute Gasteiger partial charge is 0.374 e. The van der Waals surface area contributed by atoms with Crippen LogP contribution >= 0.6 is 11.3 Å². The van der Waals surface area contributed by atoms with E-state index in [0.717, 1.165) is 11.3 Å². The molecule has 0 spiro atoms. The summed E-state index contributed by atoms with van der Waals surface area (Å²) < 4.78 is 0. The molecule has 0 aliphatic rings. The molecule has 0 aliphatic heterocycles. The van der Waals surface area contributed by atoms with Crippen molar-refractivity contribution in [1.82, 2.24) is 15.1 Å². The molecule has 0 radical (unpaired) electrons. The molecule has 0 bridgehead atoms. The fourth-order valence-corrected chi connectivity index (χ4v) is 1.14. The molecular formula is C5H8N4OS. The molecule has 0 aliphatic carbocycles. The number of aromatic nitrogens is 2. The van der Waals surface area contributed by atoms with E-state index in [-0.39, 0.29) is 5.91 Å². The van der Waals surface area contributed by atoms with Gasteiger partial charge in [-0.25, -0.2) is 0 Å². The lowest BCUT2D eigenvalue weighted by atomic mass is 10.6. The van der Waals surface area contributed by atoms with Crippen LogP contribution in [0.5, 0.6) is 0 Å². The average Bonchev–Trinajstić information content (AvgIpc) is 2.34. The molecule has 0 atom stereocenters. The normalized spacial score (nSPS) is 9.64. The number of hydrogen-bond donors (Lipinski definition) is 1.